The number of benzene rings is 1. The summed E-state index contributed by atoms with van der Waals surface area (Å²) in [5, 5.41) is 31.2. The number of nitrogens with zero attached hydrogens (tertiary/aromatic N) is 3. The number of nitrogens with one attached hydrogen (secondary N) is 1. The van der Waals surface area contributed by atoms with Crippen molar-refractivity contribution < 1.29 is 34.4 Å². The first-order valence-corrected chi connectivity index (χ1v) is 12.6. The molecule has 1 aromatic rings. The molecule has 0 saturated carbocycles. The molecule has 0 spiro atoms. The van der Waals surface area contributed by atoms with Crippen molar-refractivity contribution in [1.29, 1.82) is 0 Å². The molecule has 1 heterocycles. The molecule has 0 aromatic heterocycles. The first kappa shape index (κ1) is 29.3. The van der Waals surface area contributed by atoms with Gasteiger partial charge in [0.1, 0.15) is 3.00 Å². The Labute approximate surface area is 223 Å². The highest BCUT2D eigenvalue weighted by Gasteiger charge is 2.26. The number of aliphatic carboxylic acids is 3. The lowest BCUT2D eigenvalue weighted by Crippen LogP contribution is -2.51. The van der Waals surface area contributed by atoms with E-state index in [2.05, 4.69) is 5.32 Å². The fraction of sp³-hybridized carbons (Fsp3) is 0.545. The molecule has 0 amide bonds. The predicted octanol–water partition coefficient (Wildman–Crippen LogP) is 0.920. The Hall–Kier alpha value is -1.91. The van der Waals surface area contributed by atoms with Crippen molar-refractivity contribution in [2.45, 2.75) is 12.5 Å². The lowest BCUT2D eigenvalue weighted by molar-refractivity contribution is -0.141. The SMILES string of the molecule is O=C(O)CN1CCOCCN(CC(=O)O)[C@@H](Cc2ccc(NC(=S)I)cc2)CN(CC(=O)O)CC1. The minimum Gasteiger partial charge on any atom is -0.480 e. The van der Waals surface area contributed by atoms with E-state index in [0.29, 0.717) is 48.7 Å². The number of rotatable bonds is 9. The maximum Gasteiger partial charge on any atom is 0.317 e. The number of ether oxygens (including phenoxy) is 1. The predicted molar refractivity (Wildman–Crippen MR) is 142 cm³/mol. The molecule has 0 radical (unpaired) electrons. The normalized spacial score (nSPS) is 19.3. The van der Waals surface area contributed by atoms with Gasteiger partial charge in [-0.25, -0.2) is 0 Å². The maximum absolute atomic E-state index is 11.6. The Bertz CT molecular complexity index is 874. The molecule has 0 unspecified atom stereocenters. The molecule has 0 bridgehead atoms. The van der Waals surface area contributed by atoms with Gasteiger partial charge in [-0.3, -0.25) is 29.1 Å². The van der Waals surface area contributed by atoms with Crippen LogP contribution in [0, 0.1) is 0 Å². The van der Waals surface area contributed by atoms with E-state index in [1.807, 2.05) is 46.9 Å². The summed E-state index contributed by atoms with van der Waals surface area (Å²) >= 11 is 7.07. The summed E-state index contributed by atoms with van der Waals surface area (Å²) in [7, 11) is 0. The third-order valence-electron chi connectivity index (χ3n) is 5.52. The van der Waals surface area contributed by atoms with Crippen LogP contribution in [-0.2, 0) is 25.5 Å². The number of carboxylic acid groups (broad SMARTS) is 3. The van der Waals surface area contributed by atoms with Crippen LogP contribution in [0.2, 0.25) is 0 Å². The number of carbonyl (C=O) groups is 3. The molecule has 1 aliphatic rings. The second-order valence-electron chi connectivity index (χ2n) is 8.23. The summed E-state index contributed by atoms with van der Waals surface area (Å²) in [5.74, 6) is -2.94. The molecular weight excluding hydrogens is 591 g/mol. The van der Waals surface area contributed by atoms with Crippen molar-refractivity contribution in [3.05, 3.63) is 29.8 Å². The molecule has 13 heteroatoms. The van der Waals surface area contributed by atoms with Crippen LogP contribution >= 0.6 is 34.8 Å². The van der Waals surface area contributed by atoms with Gasteiger partial charge in [0.25, 0.3) is 0 Å². The van der Waals surface area contributed by atoms with Gasteiger partial charge in [-0.05, 0) is 46.7 Å². The molecule has 1 aromatic carbocycles. The maximum atomic E-state index is 11.6. The van der Waals surface area contributed by atoms with E-state index < -0.39 is 17.9 Å². The lowest BCUT2D eigenvalue weighted by atomic mass is 10.0. The van der Waals surface area contributed by atoms with Crippen molar-refractivity contribution in [2.24, 2.45) is 0 Å². The van der Waals surface area contributed by atoms with Crippen molar-refractivity contribution >= 4 is 61.4 Å². The fourth-order valence-corrected chi connectivity index (χ4v) is 4.36. The first-order chi connectivity index (χ1) is 16.6. The highest BCUT2D eigenvalue weighted by atomic mass is 127. The largest absolute Gasteiger partial charge is 0.480 e. The van der Waals surface area contributed by atoms with Gasteiger partial charge in [0.2, 0.25) is 0 Å². The van der Waals surface area contributed by atoms with E-state index in [9.17, 15) is 29.7 Å². The topological polar surface area (TPSA) is 143 Å². The van der Waals surface area contributed by atoms with Crippen molar-refractivity contribution in [3.63, 3.8) is 0 Å². The van der Waals surface area contributed by atoms with Crippen LogP contribution in [-0.4, -0.2) is 123 Å². The van der Waals surface area contributed by atoms with Gasteiger partial charge in [0.05, 0.1) is 32.8 Å². The molecule has 1 atom stereocenters. The van der Waals surface area contributed by atoms with E-state index in [0.717, 1.165) is 11.3 Å². The van der Waals surface area contributed by atoms with E-state index in [4.69, 9.17) is 17.0 Å². The smallest absolute Gasteiger partial charge is 0.317 e. The number of anilines is 1. The van der Waals surface area contributed by atoms with Gasteiger partial charge in [-0.1, -0.05) is 24.4 Å². The van der Waals surface area contributed by atoms with Crippen LogP contribution in [0.4, 0.5) is 5.69 Å². The third-order valence-corrected chi connectivity index (χ3v) is 5.89. The molecule has 1 fully saturated rings. The highest BCUT2D eigenvalue weighted by Crippen LogP contribution is 2.16. The Balaban J connectivity index is 2.27. The zero-order chi connectivity index (χ0) is 25.8. The number of carboxylic acids is 3. The molecule has 4 N–H and O–H groups in total. The van der Waals surface area contributed by atoms with Gasteiger partial charge < -0.3 is 25.4 Å². The summed E-state index contributed by atoms with van der Waals surface area (Å²) in [5.41, 5.74) is 1.81. The lowest BCUT2D eigenvalue weighted by Gasteiger charge is -2.36. The summed E-state index contributed by atoms with van der Waals surface area (Å²) < 4.78 is 6.29. The molecular formula is C22H31IN4O7S. The van der Waals surface area contributed by atoms with Crippen LogP contribution in [0.1, 0.15) is 5.56 Å². The molecule has 1 aliphatic heterocycles. The van der Waals surface area contributed by atoms with Crippen LogP contribution < -0.4 is 5.32 Å². The summed E-state index contributed by atoms with van der Waals surface area (Å²) in [4.78, 5) is 39.7. The fourth-order valence-electron chi connectivity index (χ4n) is 3.93. The first-order valence-electron chi connectivity index (χ1n) is 11.1. The quantitative estimate of drug-likeness (QED) is 0.135. The minimum absolute atomic E-state index is 0.167. The zero-order valence-corrected chi connectivity index (χ0v) is 22.2. The molecule has 11 nitrogen and oxygen atoms in total. The molecule has 194 valence electrons. The van der Waals surface area contributed by atoms with Crippen LogP contribution in [0.25, 0.3) is 0 Å². The van der Waals surface area contributed by atoms with Gasteiger partial charge in [-0.2, -0.15) is 0 Å². The van der Waals surface area contributed by atoms with E-state index in [1.54, 1.807) is 14.7 Å². The monoisotopic (exact) mass is 622 g/mol. The molecule has 2 rings (SSSR count). The molecule has 0 aliphatic carbocycles. The average molecular weight is 622 g/mol. The average Bonchev–Trinajstić information content (AvgIpc) is 2.74. The molecule has 1 saturated heterocycles. The third kappa shape index (κ3) is 12.1. The Kier molecular flexibility index (Phi) is 12.8. The van der Waals surface area contributed by atoms with Crippen molar-refractivity contribution in [2.75, 3.05) is 70.9 Å². The number of hydrogen-bond donors (Lipinski definition) is 4. The van der Waals surface area contributed by atoms with Crippen LogP contribution in [0.3, 0.4) is 0 Å². The second-order valence-corrected chi connectivity index (χ2v) is 10.4. The van der Waals surface area contributed by atoms with E-state index >= 15 is 0 Å². The summed E-state index contributed by atoms with van der Waals surface area (Å²) in [6.45, 7) is 1.69. The van der Waals surface area contributed by atoms with Gasteiger partial charge in [0, 0.05) is 44.5 Å². The number of hydrogen-bond acceptors (Lipinski definition) is 8. The van der Waals surface area contributed by atoms with Gasteiger partial charge in [0.15, 0.2) is 0 Å². The number of thiocarbonyl (C=S) groups is 1. The number of halogens is 1. The Morgan fingerprint density at radius 1 is 0.914 bits per heavy atom. The standard InChI is InChI=1S/C22H31IN4O7S/c23-22(35)24-17-3-1-16(2-4-17)11-18-12-26(14-20(30)31)6-5-25(13-19(28)29)7-9-34-10-8-27(18)15-21(32)33/h1-4,18H,5-15H2,(H,24,35)(H,28,29)(H,30,31)(H,32,33)/t18-/m0/s1. The highest BCUT2D eigenvalue weighted by molar-refractivity contribution is 14.1. The molecule has 35 heavy (non-hydrogen) atoms. The summed E-state index contributed by atoms with van der Waals surface area (Å²) in [6.07, 6.45) is 0.497. The minimum atomic E-state index is -1.00. The van der Waals surface area contributed by atoms with Gasteiger partial charge in [-0.15, -0.1) is 0 Å². The van der Waals surface area contributed by atoms with Crippen molar-refractivity contribution in [1.82, 2.24) is 14.7 Å². The summed E-state index contributed by atoms with van der Waals surface area (Å²) in [6, 6.07) is 7.33. The van der Waals surface area contributed by atoms with E-state index in [-0.39, 0.29) is 32.3 Å². The zero-order valence-electron chi connectivity index (χ0n) is 19.3. The Morgan fingerprint density at radius 3 is 2.09 bits per heavy atom. The van der Waals surface area contributed by atoms with Gasteiger partial charge >= 0.3 is 17.9 Å². The Morgan fingerprint density at radius 2 is 1.49 bits per heavy atom. The van der Waals surface area contributed by atoms with Crippen molar-refractivity contribution in [3.8, 4) is 0 Å². The van der Waals surface area contributed by atoms with Crippen LogP contribution in [0.5, 0.6) is 0 Å². The second kappa shape index (κ2) is 15.3. The van der Waals surface area contributed by atoms with Crippen LogP contribution in [0.15, 0.2) is 24.3 Å². The van der Waals surface area contributed by atoms with E-state index in [1.165, 1.54) is 0 Å².